The van der Waals surface area contributed by atoms with Gasteiger partial charge in [-0.3, -0.25) is 13.9 Å². The standard InChI is InChI=1S/C8H17NO7P2/c1-3-8(10)9(2)4-7(5-17(11,12)13)6-18(14,15)16/h3,7H,1,4-6H2,2H3,(H2,11,12,13)(H2,14,15,16). The lowest BCUT2D eigenvalue weighted by atomic mass is 10.2. The maximum absolute atomic E-state index is 11.2. The Bertz CT molecular complexity index is 374. The summed E-state index contributed by atoms with van der Waals surface area (Å²) in [7, 11) is -7.46. The highest BCUT2D eigenvalue weighted by molar-refractivity contribution is 7.52. The third kappa shape index (κ3) is 8.58. The molecule has 0 atom stereocenters. The van der Waals surface area contributed by atoms with Crippen LogP contribution in [0.4, 0.5) is 0 Å². The molecule has 0 aromatic heterocycles. The smallest absolute Gasteiger partial charge is 0.325 e. The van der Waals surface area contributed by atoms with E-state index in [4.69, 9.17) is 19.6 Å². The molecule has 0 saturated carbocycles. The van der Waals surface area contributed by atoms with Gasteiger partial charge in [0.25, 0.3) is 0 Å². The first-order valence-corrected chi connectivity index (χ1v) is 8.51. The molecule has 4 N–H and O–H groups in total. The minimum absolute atomic E-state index is 0.166. The van der Waals surface area contributed by atoms with Gasteiger partial charge in [0.1, 0.15) is 0 Å². The lowest BCUT2D eigenvalue weighted by molar-refractivity contribution is -0.125. The number of hydrogen-bond donors (Lipinski definition) is 4. The summed E-state index contributed by atoms with van der Waals surface area (Å²) in [6.07, 6.45) is -0.369. The van der Waals surface area contributed by atoms with Crippen LogP contribution in [0.25, 0.3) is 0 Å². The highest BCUT2D eigenvalue weighted by Gasteiger charge is 2.29. The monoisotopic (exact) mass is 301 g/mol. The van der Waals surface area contributed by atoms with Gasteiger partial charge in [-0.15, -0.1) is 0 Å². The van der Waals surface area contributed by atoms with Gasteiger partial charge >= 0.3 is 15.2 Å². The van der Waals surface area contributed by atoms with E-state index >= 15 is 0 Å². The van der Waals surface area contributed by atoms with Crippen LogP contribution in [0.1, 0.15) is 0 Å². The molecule has 0 bridgehead atoms. The van der Waals surface area contributed by atoms with Crippen LogP contribution in [0, 0.1) is 5.92 Å². The molecule has 106 valence electrons. The first-order valence-electron chi connectivity index (χ1n) is 4.91. The van der Waals surface area contributed by atoms with E-state index in [1.54, 1.807) is 0 Å². The van der Waals surface area contributed by atoms with Crippen molar-refractivity contribution in [3.8, 4) is 0 Å². The topological polar surface area (TPSA) is 135 Å². The third-order valence-corrected chi connectivity index (χ3v) is 4.06. The Labute approximate surface area is 105 Å². The van der Waals surface area contributed by atoms with Gasteiger partial charge in [-0.05, 0) is 12.0 Å². The molecule has 0 radical (unpaired) electrons. The van der Waals surface area contributed by atoms with Gasteiger partial charge in [0, 0.05) is 13.6 Å². The molecule has 0 aliphatic rings. The Morgan fingerprint density at radius 3 is 1.89 bits per heavy atom. The Balaban J connectivity index is 4.77. The van der Waals surface area contributed by atoms with Gasteiger partial charge in [0.2, 0.25) is 5.91 Å². The Morgan fingerprint density at radius 1 is 1.22 bits per heavy atom. The second-order valence-corrected chi connectivity index (χ2v) is 7.37. The molecule has 0 spiro atoms. The number of likely N-dealkylation sites (N-methyl/N-ethyl adjacent to an activating group) is 1. The van der Waals surface area contributed by atoms with Crippen LogP contribution >= 0.6 is 15.2 Å². The van der Waals surface area contributed by atoms with Crippen molar-refractivity contribution in [1.82, 2.24) is 4.90 Å². The average Bonchev–Trinajstić information content (AvgIpc) is 2.10. The first-order chi connectivity index (χ1) is 7.94. The first kappa shape index (κ1) is 17.5. The molecule has 0 aliphatic heterocycles. The quantitative estimate of drug-likeness (QED) is 0.371. The van der Waals surface area contributed by atoms with Crippen molar-refractivity contribution in [3.63, 3.8) is 0 Å². The molecule has 0 heterocycles. The second-order valence-electron chi connectivity index (χ2n) is 3.98. The molecule has 0 aliphatic carbocycles. The Hall–Kier alpha value is -0.490. The molecule has 8 nitrogen and oxygen atoms in total. The van der Waals surface area contributed by atoms with Crippen LogP contribution in [0.15, 0.2) is 12.7 Å². The molecule has 0 unspecified atom stereocenters. The zero-order valence-corrected chi connectivity index (χ0v) is 11.6. The van der Waals surface area contributed by atoms with Crippen LogP contribution in [0.2, 0.25) is 0 Å². The average molecular weight is 301 g/mol. The minimum atomic E-state index is -4.41. The van der Waals surface area contributed by atoms with Crippen molar-refractivity contribution in [2.75, 3.05) is 25.9 Å². The van der Waals surface area contributed by atoms with Gasteiger partial charge in [-0.2, -0.15) is 0 Å². The van der Waals surface area contributed by atoms with Crippen LogP contribution in [0.5, 0.6) is 0 Å². The molecule has 0 aromatic rings. The van der Waals surface area contributed by atoms with Crippen molar-refractivity contribution in [3.05, 3.63) is 12.7 Å². The molecule has 0 saturated heterocycles. The highest BCUT2D eigenvalue weighted by atomic mass is 31.2. The second kappa shape index (κ2) is 6.61. The van der Waals surface area contributed by atoms with E-state index < -0.39 is 39.3 Å². The molecule has 0 aromatic carbocycles. The fraction of sp³-hybridized carbons (Fsp3) is 0.625. The number of hydrogen-bond acceptors (Lipinski definition) is 3. The summed E-state index contributed by atoms with van der Waals surface area (Å²) in [4.78, 5) is 47.6. The van der Waals surface area contributed by atoms with Crippen LogP contribution in [0.3, 0.4) is 0 Å². The zero-order valence-electron chi connectivity index (χ0n) is 9.84. The highest BCUT2D eigenvalue weighted by Crippen LogP contribution is 2.43. The predicted molar refractivity (Wildman–Crippen MR) is 65.1 cm³/mol. The molecule has 0 fully saturated rings. The predicted octanol–water partition coefficient (Wildman–Crippen LogP) is -0.398. The largest absolute Gasteiger partial charge is 0.342 e. The summed E-state index contributed by atoms with van der Waals surface area (Å²) in [5.41, 5.74) is 0. The Kier molecular flexibility index (Phi) is 6.43. The van der Waals surface area contributed by atoms with Crippen molar-refractivity contribution in [2.45, 2.75) is 0 Å². The van der Waals surface area contributed by atoms with Crippen molar-refractivity contribution < 1.29 is 33.5 Å². The van der Waals surface area contributed by atoms with Gasteiger partial charge in [0.15, 0.2) is 0 Å². The maximum Gasteiger partial charge on any atom is 0.325 e. The van der Waals surface area contributed by atoms with Crippen molar-refractivity contribution in [1.29, 1.82) is 0 Å². The maximum atomic E-state index is 11.2. The van der Waals surface area contributed by atoms with E-state index in [0.717, 1.165) is 11.0 Å². The summed E-state index contributed by atoms with van der Waals surface area (Å²) in [5.74, 6) is -1.48. The lowest BCUT2D eigenvalue weighted by Gasteiger charge is -2.23. The molecular formula is C8H17NO7P2. The van der Waals surface area contributed by atoms with Crippen molar-refractivity contribution >= 4 is 21.1 Å². The normalized spacial score (nSPS) is 12.6. The van der Waals surface area contributed by atoms with Gasteiger partial charge < -0.3 is 24.5 Å². The molecule has 0 rings (SSSR count). The van der Waals surface area contributed by atoms with Crippen LogP contribution < -0.4 is 0 Å². The number of amides is 1. The number of nitrogens with zero attached hydrogens (tertiary/aromatic N) is 1. The summed E-state index contributed by atoms with van der Waals surface area (Å²) in [6.45, 7) is 3.07. The number of carbonyl (C=O) groups is 1. The van der Waals surface area contributed by atoms with E-state index in [-0.39, 0.29) is 6.54 Å². The van der Waals surface area contributed by atoms with E-state index in [1.807, 2.05) is 0 Å². The van der Waals surface area contributed by atoms with Crippen LogP contribution in [-0.4, -0.2) is 56.3 Å². The molecule has 18 heavy (non-hydrogen) atoms. The lowest BCUT2D eigenvalue weighted by Crippen LogP contribution is -2.33. The number of carbonyl (C=O) groups excluding carboxylic acids is 1. The fourth-order valence-electron chi connectivity index (χ4n) is 1.48. The van der Waals surface area contributed by atoms with Crippen molar-refractivity contribution in [2.24, 2.45) is 5.92 Å². The van der Waals surface area contributed by atoms with E-state index in [9.17, 15) is 13.9 Å². The summed E-state index contributed by atoms with van der Waals surface area (Å²) in [6, 6.07) is 0. The molecular weight excluding hydrogens is 284 g/mol. The zero-order chi connectivity index (χ0) is 14.6. The van der Waals surface area contributed by atoms with E-state index in [0.29, 0.717) is 0 Å². The fourth-order valence-corrected chi connectivity index (χ4v) is 3.52. The van der Waals surface area contributed by atoms with Crippen LogP contribution in [-0.2, 0) is 13.9 Å². The summed E-state index contributed by atoms with van der Waals surface area (Å²) in [5, 5.41) is 0. The molecule has 10 heteroatoms. The number of rotatable bonds is 7. The summed E-state index contributed by atoms with van der Waals surface area (Å²) < 4.78 is 21.7. The summed E-state index contributed by atoms with van der Waals surface area (Å²) >= 11 is 0. The van der Waals surface area contributed by atoms with Gasteiger partial charge in [0.05, 0.1) is 12.3 Å². The van der Waals surface area contributed by atoms with E-state index in [2.05, 4.69) is 6.58 Å². The molecule has 1 amide bonds. The van der Waals surface area contributed by atoms with Gasteiger partial charge in [-0.25, -0.2) is 0 Å². The van der Waals surface area contributed by atoms with Gasteiger partial charge in [-0.1, -0.05) is 6.58 Å². The van der Waals surface area contributed by atoms with E-state index in [1.165, 1.54) is 7.05 Å². The SMILES string of the molecule is C=CC(=O)N(C)CC(CP(=O)(O)O)CP(=O)(O)O. The Morgan fingerprint density at radius 2 is 1.61 bits per heavy atom. The third-order valence-electron chi connectivity index (χ3n) is 2.07. The minimum Gasteiger partial charge on any atom is -0.342 e.